The van der Waals surface area contributed by atoms with Crippen LogP contribution in [0.25, 0.3) is 10.9 Å². The number of thiazole rings is 1. The Hall–Kier alpha value is -3.86. The van der Waals surface area contributed by atoms with E-state index in [4.69, 9.17) is 9.94 Å². The number of hydroxylamine groups is 1. The molecule has 1 saturated heterocycles. The third kappa shape index (κ3) is 6.78. The fraction of sp³-hybridized carbons (Fsp3) is 0.310. The van der Waals surface area contributed by atoms with Crippen molar-refractivity contribution in [2.24, 2.45) is 5.92 Å². The summed E-state index contributed by atoms with van der Waals surface area (Å²) in [5.74, 6) is -0.0936. The molecule has 2 amide bonds. The van der Waals surface area contributed by atoms with Crippen molar-refractivity contribution < 1.29 is 19.5 Å². The Morgan fingerprint density at radius 1 is 1.18 bits per heavy atom. The van der Waals surface area contributed by atoms with Gasteiger partial charge in [0.15, 0.2) is 0 Å². The molecule has 9 nitrogen and oxygen atoms in total. The second-order valence-electron chi connectivity index (χ2n) is 9.78. The molecule has 0 bridgehead atoms. The van der Waals surface area contributed by atoms with Crippen molar-refractivity contribution in [1.82, 2.24) is 25.7 Å². The molecular weight excluding hydrogens is 514 g/mol. The predicted octanol–water partition coefficient (Wildman–Crippen LogP) is 4.09. The average Bonchev–Trinajstić information content (AvgIpc) is 3.46. The highest BCUT2D eigenvalue weighted by molar-refractivity contribution is 7.09. The molecule has 5 rings (SSSR count). The number of pyridine rings is 1. The second-order valence-corrected chi connectivity index (χ2v) is 10.8. The molecule has 0 saturated carbocycles. The molecule has 0 unspecified atom stereocenters. The number of aromatic nitrogens is 2. The summed E-state index contributed by atoms with van der Waals surface area (Å²) in [4.78, 5) is 36.3. The molecule has 0 aliphatic carbocycles. The number of hydrogen-bond donors (Lipinski definition) is 3. The number of hydrogen-bond acceptors (Lipinski definition) is 8. The van der Waals surface area contributed by atoms with Crippen molar-refractivity contribution in [3.05, 3.63) is 88.0 Å². The Bertz CT molecular complexity index is 1430. The van der Waals surface area contributed by atoms with E-state index in [0.717, 1.165) is 40.1 Å². The van der Waals surface area contributed by atoms with Gasteiger partial charge in [0.25, 0.3) is 5.91 Å². The van der Waals surface area contributed by atoms with Crippen LogP contribution in [-0.2, 0) is 17.9 Å². The van der Waals surface area contributed by atoms with Crippen molar-refractivity contribution >= 4 is 34.1 Å². The SMILES string of the molecule is Cc1cc(COc2ccc(C(=O)N[C@@H]3CN(Cc4nccs4)CC[C@H]3CC(=O)NO)cc2)c2ccccc2n1. The van der Waals surface area contributed by atoms with Gasteiger partial charge in [0.1, 0.15) is 17.4 Å². The summed E-state index contributed by atoms with van der Waals surface area (Å²) in [5, 5.41) is 16.2. The summed E-state index contributed by atoms with van der Waals surface area (Å²) in [7, 11) is 0. The number of piperidine rings is 1. The lowest BCUT2D eigenvalue weighted by Gasteiger charge is -2.38. The van der Waals surface area contributed by atoms with Gasteiger partial charge in [-0.25, -0.2) is 10.5 Å². The van der Waals surface area contributed by atoms with Gasteiger partial charge in [-0.2, -0.15) is 0 Å². The zero-order valence-electron chi connectivity index (χ0n) is 21.7. The molecule has 39 heavy (non-hydrogen) atoms. The Labute approximate surface area is 230 Å². The predicted molar refractivity (Wildman–Crippen MR) is 149 cm³/mol. The summed E-state index contributed by atoms with van der Waals surface area (Å²) in [6.07, 6.45) is 2.65. The molecule has 3 N–H and O–H groups in total. The molecular formula is C29H31N5O4S. The van der Waals surface area contributed by atoms with Gasteiger partial charge in [0.2, 0.25) is 5.91 Å². The van der Waals surface area contributed by atoms with E-state index in [0.29, 0.717) is 31.0 Å². The number of amides is 2. The summed E-state index contributed by atoms with van der Waals surface area (Å²) < 4.78 is 6.04. The molecule has 4 aromatic rings. The number of aryl methyl sites for hydroxylation is 1. The number of fused-ring (bicyclic) bond motifs is 1. The van der Waals surface area contributed by atoms with Crippen LogP contribution in [-0.4, -0.2) is 51.0 Å². The highest BCUT2D eigenvalue weighted by Gasteiger charge is 2.32. The lowest BCUT2D eigenvalue weighted by atomic mass is 9.88. The number of rotatable bonds is 9. The maximum absolute atomic E-state index is 13.2. The van der Waals surface area contributed by atoms with Crippen molar-refractivity contribution in [2.45, 2.75) is 39.0 Å². The van der Waals surface area contributed by atoms with Crippen LogP contribution in [0.15, 0.2) is 66.2 Å². The van der Waals surface area contributed by atoms with Crippen molar-refractivity contribution in [2.75, 3.05) is 13.1 Å². The van der Waals surface area contributed by atoms with Crippen LogP contribution in [0, 0.1) is 12.8 Å². The largest absolute Gasteiger partial charge is 0.489 e. The van der Waals surface area contributed by atoms with E-state index < -0.39 is 5.91 Å². The van der Waals surface area contributed by atoms with Gasteiger partial charge < -0.3 is 10.1 Å². The minimum absolute atomic E-state index is 0.0881. The van der Waals surface area contributed by atoms with Crippen LogP contribution >= 0.6 is 11.3 Å². The molecule has 2 aromatic heterocycles. The van der Waals surface area contributed by atoms with Crippen molar-refractivity contribution in [3.8, 4) is 5.75 Å². The molecule has 202 valence electrons. The molecule has 1 aliphatic heterocycles. The zero-order chi connectivity index (χ0) is 27.2. The van der Waals surface area contributed by atoms with Crippen molar-refractivity contribution in [1.29, 1.82) is 0 Å². The first-order chi connectivity index (χ1) is 19.0. The smallest absolute Gasteiger partial charge is 0.251 e. The van der Waals surface area contributed by atoms with Gasteiger partial charge in [-0.15, -0.1) is 11.3 Å². The third-order valence-electron chi connectivity index (χ3n) is 7.01. The van der Waals surface area contributed by atoms with Crippen molar-refractivity contribution in [3.63, 3.8) is 0 Å². The normalized spacial score (nSPS) is 17.6. The number of nitrogens with one attached hydrogen (secondary N) is 2. The summed E-state index contributed by atoms with van der Waals surface area (Å²) >= 11 is 1.60. The number of para-hydroxylation sites is 1. The van der Waals surface area contributed by atoms with Crippen LogP contribution in [0.3, 0.4) is 0 Å². The van der Waals surface area contributed by atoms with E-state index in [-0.39, 0.29) is 24.3 Å². The maximum Gasteiger partial charge on any atom is 0.251 e. The fourth-order valence-electron chi connectivity index (χ4n) is 5.06. The van der Waals surface area contributed by atoms with Crippen LogP contribution in [0.5, 0.6) is 5.75 Å². The molecule has 1 aliphatic rings. The standard InChI is InChI=1S/C29H31N5O4S/c1-19-14-22(24-4-2-3-5-25(24)31-19)18-38-23-8-6-20(7-9-23)29(36)32-26-16-34(17-28-30-11-13-39-28)12-10-21(26)15-27(35)33-37/h2-9,11,13-14,21,26,37H,10,12,15-18H2,1H3,(H,32,36)(H,33,35)/t21-,26+/m0/s1. The van der Waals surface area contributed by atoms with Crippen LogP contribution in [0.2, 0.25) is 0 Å². The molecule has 2 aromatic carbocycles. The molecule has 0 spiro atoms. The molecule has 0 radical (unpaired) electrons. The average molecular weight is 546 g/mol. The summed E-state index contributed by atoms with van der Waals surface area (Å²) in [5.41, 5.74) is 5.15. The fourth-order valence-corrected chi connectivity index (χ4v) is 5.71. The van der Waals surface area contributed by atoms with Crippen LogP contribution in [0.1, 0.15) is 39.5 Å². The van der Waals surface area contributed by atoms with Gasteiger partial charge in [-0.05, 0) is 62.2 Å². The van der Waals surface area contributed by atoms with E-state index in [2.05, 4.69) is 20.2 Å². The Kier molecular flexibility index (Phi) is 8.45. The van der Waals surface area contributed by atoms with Crippen LogP contribution in [0.4, 0.5) is 0 Å². The lowest BCUT2D eigenvalue weighted by molar-refractivity contribution is -0.130. The molecule has 1 fully saturated rings. The minimum atomic E-state index is -0.453. The quantitative estimate of drug-likeness (QED) is 0.214. The lowest BCUT2D eigenvalue weighted by Crippen LogP contribution is -2.53. The highest BCUT2D eigenvalue weighted by atomic mass is 32.1. The second kappa shape index (κ2) is 12.3. The number of ether oxygens (including phenoxy) is 1. The number of carbonyl (C=O) groups excluding carboxylic acids is 2. The molecule has 2 atom stereocenters. The zero-order valence-corrected chi connectivity index (χ0v) is 22.5. The Morgan fingerprint density at radius 2 is 2.00 bits per heavy atom. The Morgan fingerprint density at radius 3 is 2.77 bits per heavy atom. The first kappa shape index (κ1) is 26.7. The third-order valence-corrected chi connectivity index (χ3v) is 7.78. The van der Waals surface area contributed by atoms with Crippen LogP contribution < -0.4 is 15.5 Å². The minimum Gasteiger partial charge on any atom is -0.489 e. The van der Waals surface area contributed by atoms with Gasteiger partial charge in [0, 0.05) is 52.8 Å². The van der Waals surface area contributed by atoms with E-state index in [1.807, 2.05) is 42.6 Å². The van der Waals surface area contributed by atoms with E-state index >= 15 is 0 Å². The van der Waals surface area contributed by atoms with Gasteiger partial charge in [-0.1, -0.05) is 18.2 Å². The monoisotopic (exact) mass is 545 g/mol. The molecule has 3 heterocycles. The first-order valence-electron chi connectivity index (χ1n) is 12.9. The maximum atomic E-state index is 13.2. The van der Waals surface area contributed by atoms with E-state index in [9.17, 15) is 9.59 Å². The van der Waals surface area contributed by atoms with Gasteiger partial charge in [-0.3, -0.25) is 24.7 Å². The topological polar surface area (TPSA) is 117 Å². The number of likely N-dealkylation sites (tertiary alicyclic amines) is 1. The number of nitrogens with zero attached hydrogens (tertiary/aromatic N) is 3. The number of carbonyl (C=O) groups is 2. The number of benzene rings is 2. The Balaban J connectivity index is 1.23. The van der Waals surface area contributed by atoms with E-state index in [1.54, 1.807) is 47.3 Å². The van der Waals surface area contributed by atoms with Gasteiger partial charge in [0.05, 0.1) is 12.1 Å². The highest BCUT2D eigenvalue weighted by Crippen LogP contribution is 2.25. The van der Waals surface area contributed by atoms with Gasteiger partial charge >= 0.3 is 0 Å². The van der Waals surface area contributed by atoms with E-state index in [1.165, 1.54) is 0 Å². The molecule has 10 heteroatoms. The summed E-state index contributed by atoms with van der Waals surface area (Å²) in [6.45, 7) is 4.43. The summed E-state index contributed by atoms with van der Waals surface area (Å²) in [6, 6.07) is 16.8. The first-order valence-corrected chi connectivity index (χ1v) is 13.8.